The van der Waals surface area contributed by atoms with Gasteiger partial charge in [0, 0.05) is 18.7 Å². The fourth-order valence-corrected chi connectivity index (χ4v) is 1.58. The zero-order valence-corrected chi connectivity index (χ0v) is 10.5. The van der Waals surface area contributed by atoms with E-state index in [1.807, 2.05) is 0 Å². The zero-order valence-electron chi connectivity index (χ0n) is 10.5. The summed E-state index contributed by atoms with van der Waals surface area (Å²) in [7, 11) is 0. The lowest BCUT2D eigenvalue weighted by Crippen LogP contribution is -2.05. The topological polar surface area (TPSA) is 29.4 Å². The normalized spacial score (nSPS) is 11.8. The Hall–Kier alpha value is -0.660. The van der Waals surface area contributed by atoms with Crippen molar-refractivity contribution in [1.82, 2.24) is 0 Å². The smallest absolute Gasteiger partial charge is 0.135 e. The van der Waals surface area contributed by atoms with Crippen LogP contribution in [0, 0.1) is 0 Å². The van der Waals surface area contributed by atoms with Gasteiger partial charge < -0.3 is 0 Å². The minimum Gasteiger partial charge on any atom is -0.300 e. The van der Waals surface area contributed by atoms with Crippen LogP contribution in [0.5, 0.6) is 0 Å². The van der Waals surface area contributed by atoms with Crippen molar-refractivity contribution in [3.63, 3.8) is 0 Å². The molecule has 2 nitrogen and oxygen atoms in total. The molecule has 0 radical (unpaired) electrons. The van der Waals surface area contributed by atoms with Crippen molar-refractivity contribution < 1.29 is 4.79 Å². The van der Waals surface area contributed by atoms with Crippen molar-refractivity contribution >= 4 is 11.5 Å². The Morgan fingerprint density at radius 1 is 1.07 bits per heavy atom. The molecule has 15 heavy (non-hydrogen) atoms. The second-order valence-electron chi connectivity index (χ2n) is 4.14. The van der Waals surface area contributed by atoms with Crippen molar-refractivity contribution in [2.45, 2.75) is 65.7 Å². The van der Waals surface area contributed by atoms with Gasteiger partial charge in [-0.25, -0.2) is 0 Å². The van der Waals surface area contributed by atoms with Gasteiger partial charge in [0.1, 0.15) is 5.78 Å². The average Bonchev–Trinajstić information content (AvgIpc) is 2.17. The molecule has 0 amide bonds. The van der Waals surface area contributed by atoms with Gasteiger partial charge in [0.2, 0.25) is 0 Å². The van der Waals surface area contributed by atoms with Gasteiger partial charge >= 0.3 is 0 Å². The molecule has 0 spiro atoms. The number of hydrogen-bond donors (Lipinski definition) is 0. The molecule has 0 fully saturated rings. The van der Waals surface area contributed by atoms with E-state index < -0.39 is 0 Å². The van der Waals surface area contributed by atoms with Gasteiger partial charge in [-0.1, -0.05) is 39.5 Å². The number of hydrogen-bond acceptors (Lipinski definition) is 2. The lowest BCUT2D eigenvalue weighted by molar-refractivity contribution is -0.115. The molecule has 0 saturated heterocycles. The Kier molecular flexibility index (Phi) is 9.44. The molecule has 0 N–H and O–H groups in total. The minimum atomic E-state index is 0.232. The summed E-state index contributed by atoms with van der Waals surface area (Å²) in [6, 6.07) is 0. The van der Waals surface area contributed by atoms with E-state index >= 15 is 0 Å². The van der Waals surface area contributed by atoms with Crippen LogP contribution in [0.15, 0.2) is 4.99 Å². The maximum Gasteiger partial charge on any atom is 0.135 e. The highest BCUT2D eigenvalue weighted by atomic mass is 16.1. The first-order chi connectivity index (χ1) is 7.20. The molecular formula is C13H25NO. The second-order valence-corrected chi connectivity index (χ2v) is 4.14. The van der Waals surface area contributed by atoms with Crippen LogP contribution in [-0.2, 0) is 4.79 Å². The lowest BCUT2D eigenvalue weighted by atomic mass is 10.1. The molecule has 0 bridgehead atoms. The van der Waals surface area contributed by atoms with Gasteiger partial charge in [-0.2, -0.15) is 0 Å². The van der Waals surface area contributed by atoms with Gasteiger partial charge in [0.15, 0.2) is 0 Å². The third-order valence-electron chi connectivity index (χ3n) is 2.34. The second kappa shape index (κ2) is 9.88. The summed E-state index contributed by atoms with van der Waals surface area (Å²) in [6.07, 6.45) is 7.61. The quantitative estimate of drug-likeness (QED) is 0.421. The van der Waals surface area contributed by atoms with Crippen molar-refractivity contribution in [1.29, 1.82) is 0 Å². The van der Waals surface area contributed by atoms with Gasteiger partial charge in [-0.15, -0.1) is 0 Å². The van der Waals surface area contributed by atoms with E-state index in [9.17, 15) is 4.79 Å². The number of unbranched alkanes of at least 4 members (excludes halogenated alkanes) is 3. The van der Waals surface area contributed by atoms with Gasteiger partial charge in [-0.3, -0.25) is 9.79 Å². The molecule has 2 heteroatoms. The third kappa shape index (κ3) is 9.64. The maximum absolute atomic E-state index is 11.0. The summed E-state index contributed by atoms with van der Waals surface area (Å²) >= 11 is 0. The largest absolute Gasteiger partial charge is 0.300 e. The predicted molar refractivity (Wildman–Crippen MR) is 66.7 cm³/mol. The number of aliphatic imine (C=N–C) groups is 1. The van der Waals surface area contributed by atoms with Crippen LogP contribution in [0.25, 0.3) is 0 Å². The van der Waals surface area contributed by atoms with E-state index in [-0.39, 0.29) is 5.78 Å². The number of carbonyl (C=O) groups is 1. The molecule has 0 aromatic heterocycles. The van der Waals surface area contributed by atoms with Crippen LogP contribution in [0.1, 0.15) is 65.7 Å². The number of carbonyl (C=O) groups excluding carboxylic acids is 1. The molecule has 0 aromatic rings. The van der Waals surface area contributed by atoms with Crippen LogP contribution in [0.2, 0.25) is 0 Å². The zero-order chi connectivity index (χ0) is 11.5. The number of nitrogens with zero attached hydrogens (tertiary/aromatic N) is 1. The van der Waals surface area contributed by atoms with E-state index in [0.29, 0.717) is 6.42 Å². The van der Waals surface area contributed by atoms with E-state index in [4.69, 9.17) is 0 Å². The third-order valence-corrected chi connectivity index (χ3v) is 2.34. The summed E-state index contributed by atoms with van der Waals surface area (Å²) in [6.45, 7) is 6.89. The highest BCUT2D eigenvalue weighted by Crippen LogP contribution is 2.02. The molecule has 0 aliphatic rings. The highest BCUT2D eigenvalue weighted by Gasteiger charge is 2.01. The van der Waals surface area contributed by atoms with Gasteiger partial charge in [0.05, 0.1) is 0 Å². The van der Waals surface area contributed by atoms with Crippen molar-refractivity contribution in [2.24, 2.45) is 4.99 Å². The molecule has 0 aromatic carbocycles. The Bertz CT molecular complexity index is 197. The Morgan fingerprint density at radius 3 is 2.33 bits per heavy atom. The number of rotatable bonds is 9. The SMILES string of the molecule is CCCCCCN=C(CCC)CC(C)=O. The van der Waals surface area contributed by atoms with Crippen LogP contribution < -0.4 is 0 Å². The Labute approximate surface area is 94.2 Å². The summed E-state index contributed by atoms with van der Waals surface area (Å²) in [5.41, 5.74) is 1.10. The molecule has 88 valence electrons. The van der Waals surface area contributed by atoms with E-state index in [1.54, 1.807) is 6.92 Å². The van der Waals surface area contributed by atoms with Gasteiger partial charge in [0.25, 0.3) is 0 Å². The van der Waals surface area contributed by atoms with Crippen molar-refractivity contribution in [3.8, 4) is 0 Å². The van der Waals surface area contributed by atoms with Crippen molar-refractivity contribution in [3.05, 3.63) is 0 Å². The minimum absolute atomic E-state index is 0.232. The first-order valence-electron chi connectivity index (χ1n) is 6.22. The molecule has 0 atom stereocenters. The number of ketones is 1. The van der Waals surface area contributed by atoms with E-state index in [2.05, 4.69) is 18.8 Å². The molecule has 0 unspecified atom stereocenters. The summed E-state index contributed by atoms with van der Waals surface area (Å²) in [4.78, 5) is 15.5. The molecular weight excluding hydrogens is 186 g/mol. The molecule has 0 saturated carbocycles. The molecule has 0 heterocycles. The lowest BCUT2D eigenvalue weighted by Gasteiger charge is -2.03. The molecule has 0 aliphatic carbocycles. The van der Waals surface area contributed by atoms with Crippen LogP contribution in [0.3, 0.4) is 0 Å². The summed E-state index contributed by atoms with van der Waals surface area (Å²) in [5.74, 6) is 0.232. The average molecular weight is 211 g/mol. The Balaban J connectivity index is 3.78. The first-order valence-corrected chi connectivity index (χ1v) is 6.22. The van der Waals surface area contributed by atoms with E-state index in [1.165, 1.54) is 25.7 Å². The number of Topliss-reactive ketones (excluding diaryl/α,β-unsaturated/α-hetero) is 1. The molecule has 0 aliphatic heterocycles. The van der Waals surface area contributed by atoms with Gasteiger partial charge in [-0.05, 0) is 19.8 Å². The standard InChI is InChI=1S/C13H25NO/c1-4-6-7-8-10-14-13(9-5-2)11-12(3)15/h4-11H2,1-3H3. The van der Waals surface area contributed by atoms with Crippen molar-refractivity contribution in [2.75, 3.05) is 6.54 Å². The molecule has 0 rings (SSSR count). The fraction of sp³-hybridized carbons (Fsp3) is 0.846. The highest BCUT2D eigenvalue weighted by molar-refractivity contribution is 6.00. The Morgan fingerprint density at radius 2 is 1.80 bits per heavy atom. The van der Waals surface area contributed by atoms with Crippen LogP contribution in [0.4, 0.5) is 0 Å². The maximum atomic E-state index is 11.0. The van der Waals surface area contributed by atoms with E-state index in [0.717, 1.165) is 25.1 Å². The summed E-state index contributed by atoms with van der Waals surface area (Å²) < 4.78 is 0. The van der Waals surface area contributed by atoms with Crippen LogP contribution >= 0.6 is 0 Å². The summed E-state index contributed by atoms with van der Waals surface area (Å²) in [5, 5.41) is 0. The predicted octanol–water partition coefficient (Wildman–Crippen LogP) is 3.79. The van der Waals surface area contributed by atoms with Crippen LogP contribution in [-0.4, -0.2) is 18.0 Å². The fourth-order valence-electron chi connectivity index (χ4n) is 1.58. The monoisotopic (exact) mass is 211 g/mol. The first kappa shape index (κ1) is 14.3.